The van der Waals surface area contributed by atoms with E-state index in [-0.39, 0.29) is 0 Å². The summed E-state index contributed by atoms with van der Waals surface area (Å²) in [6.45, 7) is 11.4. The quantitative estimate of drug-likeness (QED) is 0.190. The van der Waals surface area contributed by atoms with E-state index in [9.17, 15) is 0 Å². The lowest BCUT2D eigenvalue weighted by atomic mass is 9.97. The summed E-state index contributed by atoms with van der Waals surface area (Å²) in [5.74, 6) is 2.93. The Kier molecular flexibility index (Phi) is 6.37. The molecule has 3 aromatic heterocycles. The molecular formula is C36H27N5O2. The van der Waals surface area contributed by atoms with Gasteiger partial charge in [-0.15, -0.1) is 0 Å². The molecule has 0 atom stereocenters. The lowest BCUT2D eigenvalue weighted by molar-refractivity contribution is 0.414. The SMILES string of the molecule is [C-]#[N+]c1cc(C)c(-c2cnn(-c3cccc(Oc4ccc5c6ccccc6n(-c6cc(OC)ccn6)c5c4)c3)c2)c(C)c1. The summed E-state index contributed by atoms with van der Waals surface area (Å²) in [7, 11) is 1.66. The van der Waals surface area contributed by atoms with Crippen molar-refractivity contribution >= 4 is 27.5 Å². The van der Waals surface area contributed by atoms with Crippen molar-refractivity contribution in [3.8, 4) is 39.9 Å². The summed E-state index contributed by atoms with van der Waals surface area (Å²) in [4.78, 5) is 8.24. The fraction of sp³-hybridized carbons (Fsp3) is 0.0833. The Hall–Kier alpha value is -5.87. The van der Waals surface area contributed by atoms with E-state index in [0.29, 0.717) is 17.2 Å². The van der Waals surface area contributed by atoms with Crippen LogP contribution in [0, 0.1) is 20.4 Å². The van der Waals surface area contributed by atoms with Gasteiger partial charge in [0.1, 0.15) is 23.1 Å². The molecule has 0 aliphatic rings. The van der Waals surface area contributed by atoms with Crippen molar-refractivity contribution in [1.29, 1.82) is 0 Å². The van der Waals surface area contributed by atoms with Gasteiger partial charge in [0, 0.05) is 46.9 Å². The summed E-state index contributed by atoms with van der Waals surface area (Å²) in [6.07, 6.45) is 5.63. The van der Waals surface area contributed by atoms with Crippen LogP contribution in [-0.4, -0.2) is 26.4 Å². The lowest BCUT2D eigenvalue weighted by Gasteiger charge is -2.11. The van der Waals surface area contributed by atoms with Crippen LogP contribution >= 0.6 is 0 Å². The van der Waals surface area contributed by atoms with Crippen molar-refractivity contribution in [2.75, 3.05) is 7.11 Å². The molecule has 43 heavy (non-hydrogen) atoms. The van der Waals surface area contributed by atoms with Gasteiger partial charge in [0.25, 0.3) is 0 Å². The molecule has 208 valence electrons. The molecule has 0 aliphatic carbocycles. The van der Waals surface area contributed by atoms with Crippen LogP contribution in [0.5, 0.6) is 17.2 Å². The van der Waals surface area contributed by atoms with Crippen LogP contribution in [0.15, 0.2) is 110 Å². The number of nitrogens with zero attached hydrogens (tertiary/aromatic N) is 5. The van der Waals surface area contributed by atoms with Crippen molar-refractivity contribution in [2.24, 2.45) is 0 Å². The van der Waals surface area contributed by atoms with E-state index in [1.54, 1.807) is 13.3 Å². The fourth-order valence-electron chi connectivity index (χ4n) is 5.79. The van der Waals surface area contributed by atoms with Crippen molar-refractivity contribution in [1.82, 2.24) is 19.3 Å². The lowest BCUT2D eigenvalue weighted by Crippen LogP contribution is -1.98. The minimum absolute atomic E-state index is 0.648. The summed E-state index contributed by atoms with van der Waals surface area (Å²) in [6, 6.07) is 29.9. The number of hydrogen-bond acceptors (Lipinski definition) is 4. The van der Waals surface area contributed by atoms with Gasteiger partial charge in [0.15, 0.2) is 5.69 Å². The Morgan fingerprint density at radius 1 is 0.767 bits per heavy atom. The largest absolute Gasteiger partial charge is 0.497 e. The zero-order chi connectivity index (χ0) is 29.5. The Labute approximate surface area is 249 Å². The van der Waals surface area contributed by atoms with E-state index in [1.807, 2.05) is 104 Å². The van der Waals surface area contributed by atoms with Gasteiger partial charge in [0.05, 0.1) is 36.6 Å². The van der Waals surface area contributed by atoms with E-state index in [0.717, 1.165) is 61.3 Å². The van der Waals surface area contributed by atoms with Crippen LogP contribution in [0.2, 0.25) is 0 Å². The second kappa shape index (κ2) is 10.5. The summed E-state index contributed by atoms with van der Waals surface area (Å²) in [5.41, 5.74) is 7.78. The number of rotatable bonds is 6. The van der Waals surface area contributed by atoms with Crippen molar-refractivity contribution in [3.05, 3.63) is 132 Å². The molecule has 0 amide bonds. The third kappa shape index (κ3) is 4.65. The van der Waals surface area contributed by atoms with Crippen molar-refractivity contribution < 1.29 is 9.47 Å². The van der Waals surface area contributed by atoms with Crippen LogP contribution in [0.25, 0.3) is 49.3 Å². The third-order valence-corrected chi connectivity index (χ3v) is 7.66. The molecule has 0 radical (unpaired) electrons. The number of methoxy groups -OCH3 is 1. The van der Waals surface area contributed by atoms with Gasteiger partial charge in [0.2, 0.25) is 0 Å². The van der Waals surface area contributed by atoms with E-state index in [4.69, 9.17) is 16.0 Å². The molecule has 0 saturated carbocycles. The van der Waals surface area contributed by atoms with Gasteiger partial charge in [-0.25, -0.2) is 14.5 Å². The highest BCUT2D eigenvalue weighted by Gasteiger charge is 2.15. The van der Waals surface area contributed by atoms with Crippen LogP contribution in [0.3, 0.4) is 0 Å². The van der Waals surface area contributed by atoms with Gasteiger partial charge in [-0.2, -0.15) is 5.10 Å². The predicted octanol–water partition coefficient (Wildman–Crippen LogP) is 9.00. The minimum atomic E-state index is 0.648. The normalized spacial score (nSPS) is 11.1. The second-order valence-electron chi connectivity index (χ2n) is 10.4. The first-order chi connectivity index (χ1) is 21.0. The number of ether oxygens (including phenoxy) is 2. The summed E-state index contributed by atoms with van der Waals surface area (Å²) in [5, 5.41) is 6.89. The highest BCUT2D eigenvalue weighted by molar-refractivity contribution is 6.09. The molecule has 0 unspecified atom stereocenters. The maximum atomic E-state index is 7.35. The van der Waals surface area contributed by atoms with Gasteiger partial charge in [-0.05, 0) is 55.8 Å². The maximum Gasteiger partial charge on any atom is 0.187 e. The number of para-hydroxylation sites is 1. The Balaban J connectivity index is 1.24. The molecule has 4 aromatic carbocycles. The predicted molar refractivity (Wildman–Crippen MR) is 170 cm³/mol. The van der Waals surface area contributed by atoms with Crippen molar-refractivity contribution in [2.45, 2.75) is 13.8 Å². The number of fused-ring (bicyclic) bond motifs is 3. The second-order valence-corrected chi connectivity index (χ2v) is 10.4. The molecule has 7 nitrogen and oxygen atoms in total. The van der Waals surface area contributed by atoms with Crippen LogP contribution in [0.1, 0.15) is 11.1 Å². The zero-order valence-electron chi connectivity index (χ0n) is 23.9. The number of pyridine rings is 1. The van der Waals surface area contributed by atoms with Gasteiger partial charge in [-0.1, -0.05) is 47.5 Å². The average Bonchev–Trinajstić information content (AvgIpc) is 3.64. The molecule has 0 aliphatic heterocycles. The molecule has 0 saturated heterocycles. The molecule has 0 N–H and O–H groups in total. The van der Waals surface area contributed by atoms with E-state index >= 15 is 0 Å². The van der Waals surface area contributed by atoms with Crippen LogP contribution in [0.4, 0.5) is 5.69 Å². The zero-order valence-corrected chi connectivity index (χ0v) is 23.9. The Morgan fingerprint density at radius 3 is 2.37 bits per heavy atom. The smallest absolute Gasteiger partial charge is 0.187 e. The Morgan fingerprint density at radius 2 is 1.56 bits per heavy atom. The molecule has 0 bridgehead atoms. The van der Waals surface area contributed by atoms with Crippen LogP contribution < -0.4 is 9.47 Å². The monoisotopic (exact) mass is 561 g/mol. The number of aromatic nitrogens is 4. The van der Waals surface area contributed by atoms with Crippen LogP contribution in [-0.2, 0) is 0 Å². The number of aryl methyl sites for hydroxylation is 2. The van der Waals surface area contributed by atoms with Gasteiger partial charge < -0.3 is 9.47 Å². The van der Waals surface area contributed by atoms with E-state index in [2.05, 4.69) is 37.7 Å². The topological polar surface area (TPSA) is 58.5 Å². The van der Waals surface area contributed by atoms with E-state index in [1.165, 1.54) is 0 Å². The molecular weight excluding hydrogens is 534 g/mol. The van der Waals surface area contributed by atoms with E-state index < -0.39 is 0 Å². The molecule has 7 aromatic rings. The highest BCUT2D eigenvalue weighted by atomic mass is 16.5. The van der Waals surface area contributed by atoms with Crippen molar-refractivity contribution in [3.63, 3.8) is 0 Å². The molecule has 0 fully saturated rings. The van der Waals surface area contributed by atoms with Gasteiger partial charge in [-0.3, -0.25) is 4.57 Å². The third-order valence-electron chi connectivity index (χ3n) is 7.66. The summed E-state index contributed by atoms with van der Waals surface area (Å²) < 4.78 is 15.9. The summed E-state index contributed by atoms with van der Waals surface area (Å²) >= 11 is 0. The first kappa shape index (κ1) is 26.1. The highest BCUT2D eigenvalue weighted by Crippen LogP contribution is 2.36. The first-order valence-corrected chi connectivity index (χ1v) is 13.9. The molecule has 3 heterocycles. The first-order valence-electron chi connectivity index (χ1n) is 13.9. The number of benzene rings is 4. The molecule has 0 spiro atoms. The molecule has 7 heteroatoms. The maximum absolute atomic E-state index is 7.35. The standard InChI is InChI=1S/C36H27N5O2/c1-23-16-26(37-3)17-24(2)36(23)25-21-39-40(22-25)27-8-7-9-29(18-27)43-30-12-13-32-31-10-5-6-11-33(31)41(34(32)19-30)35-20-28(42-4)14-15-38-35/h5-22H,1-2,4H3. The minimum Gasteiger partial charge on any atom is -0.497 e. The molecule has 7 rings (SSSR count). The fourth-order valence-corrected chi connectivity index (χ4v) is 5.79. The van der Waals surface area contributed by atoms with Gasteiger partial charge >= 0.3 is 0 Å². The Bertz CT molecular complexity index is 2180. The average molecular weight is 562 g/mol. The number of hydrogen-bond donors (Lipinski definition) is 0.